The van der Waals surface area contributed by atoms with Gasteiger partial charge in [-0.25, -0.2) is 4.79 Å². The van der Waals surface area contributed by atoms with E-state index in [1.807, 2.05) is 6.92 Å². The zero-order chi connectivity index (χ0) is 18.7. The quantitative estimate of drug-likeness (QED) is 0.789. The van der Waals surface area contributed by atoms with Gasteiger partial charge in [0.1, 0.15) is 0 Å². The van der Waals surface area contributed by atoms with Crippen molar-refractivity contribution in [2.45, 2.75) is 39.0 Å². The number of nitrogens with one attached hydrogen (secondary N) is 1. The van der Waals surface area contributed by atoms with Crippen molar-refractivity contribution in [3.63, 3.8) is 0 Å². The second-order valence-electron chi connectivity index (χ2n) is 7.37. The highest BCUT2D eigenvalue weighted by atomic mass is 16.5. The van der Waals surface area contributed by atoms with Gasteiger partial charge in [0.15, 0.2) is 6.61 Å². The third kappa shape index (κ3) is 4.23. The minimum absolute atomic E-state index is 0.308. The Hall–Kier alpha value is -2.37. The van der Waals surface area contributed by atoms with Crippen molar-refractivity contribution in [1.82, 2.24) is 0 Å². The molecule has 6 nitrogen and oxygen atoms in total. The number of anilines is 1. The van der Waals surface area contributed by atoms with E-state index >= 15 is 0 Å². The van der Waals surface area contributed by atoms with Crippen LogP contribution >= 0.6 is 0 Å². The van der Waals surface area contributed by atoms with Gasteiger partial charge in [-0.2, -0.15) is 0 Å². The number of esters is 2. The van der Waals surface area contributed by atoms with Gasteiger partial charge in [-0.1, -0.05) is 12.5 Å². The number of methoxy groups -OCH3 is 1. The second-order valence-corrected chi connectivity index (χ2v) is 7.37. The highest BCUT2D eigenvalue weighted by Crippen LogP contribution is 2.49. The Labute approximate surface area is 153 Å². The molecule has 2 fully saturated rings. The van der Waals surface area contributed by atoms with E-state index in [-0.39, 0.29) is 12.6 Å². The van der Waals surface area contributed by atoms with Crippen LogP contribution in [0.2, 0.25) is 0 Å². The molecule has 1 amide bonds. The van der Waals surface area contributed by atoms with E-state index in [9.17, 15) is 14.4 Å². The summed E-state index contributed by atoms with van der Waals surface area (Å²) in [6.45, 7) is 1.50. The highest BCUT2D eigenvalue weighted by molar-refractivity contribution is 5.96. The molecule has 2 bridgehead atoms. The van der Waals surface area contributed by atoms with Crippen LogP contribution in [0.5, 0.6) is 0 Å². The van der Waals surface area contributed by atoms with E-state index in [0.29, 0.717) is 29.5 Å². The fraction of sp³-hybridized carbons (Fsp3) is 0.550. The third-order valence-corrected chi connectivity index (χ3v) is 5.61. The molecule has 0 saturated heterocycles. The van der Waals surface area contributed by atoms with Gasteiger partial charge in [0, 0.05) is 12.1 Å². The first-order valence-corrected chi connectivity index (χ1v) is 9.10. The van der Waals surface area contributed by atoms with Crippen molar-refractivity contribution >= 4 is 23.5 Å². The lowest BCUT2D eigenvalue weighted by Crippen LogP contribution is -2.23. The summed E-state index contributed by atoms with van der Waals surface area (Å²) in [6, 6.07) is 4.91. The van der Waals surface area contributed by atoms with Crippen molar-refractivity contribution in [1.29, 1.82) is 0 Å². The van der Waals surface area contributed by atoms with Crippen LogP contribution in [-0.2, 0) is 19.1 Å². The van der Waals surface area contributed by atoms with Crippen LogP contribution in [0, 0.1) is 24.7 Å². The molecule has 0 spiro atoms. The number of fused-ring (bicyclic) bond motifs is 2. The van der Waals surface area contributed by atoms with Crippen molar-refractivity contribution in [2.24, 2.45) is 17.8 Å². The normalized spacial score (nSPS) is 23.5. The Morgan fingerprint density at radius 2 is 2.00 bits per heavy atom. The first kappa shape index (κ1) is 18.4. The molecule has 2 saturated carbocycles. The molecule has 1 aromatic carbocycles. The summed E-state index contributed by atoms with van der Waals surface area (Å²) in [5.41, 5.74) is 1.66. The molecule has 1 aromatic rings. The lowest BCUT2D eigenvalue weighted by molar-refractivity contribution is -0.148. The molecule has 0 heterocycles. The fourth-order valence-corrected chi connectivity index (χ4v) is 4.23. The summed E-state index contributed by atoms with van der Waals surface area (Å²) in [5, 5.41) is 2.68. The molecule has 2 aliphatic rings. The Morgan fingerprint density at radius 1 is 1.19 bits per heavy atom. The first-order valence-electron chi connectivity index (χ1n) is 9.10. The van der Waals surface area contributed by atoms with Gasteiger partial charge in [0.05, 0.1) is 12.7 Å². The molecule has 3 rings (SSSR count). The van der Waals surface area contributed by atoms with Crippen LogP contribution in [0.15, 0.2) is 18.2 Å². The van der Waals surface area contributed by atoms with Gasteiger partial charge >= 0.3 is 11.9 Å². The maximum Gasteiger partial charge on any atom is 0.337 e. The number of amides is 1. The number of carbonyl (C=O) groups excluding carboxylic acids is 3. The number of hydrogen-bond donors (Lipinski definition) is 1. The van der Waals surface area contributed by atoms with E-state index < -0.39 is 11.9 Å². The summed E-state index contributed by atoms with van der Waals surface area (Å²) < 4.78 is 9.82. The van der Waals surface area contributed by atoms with Gasteiger partial charge < -0.3 is 14.8 Å². The average Bonchev–Trinajstić information content (AvgIpc) is 3.24. The van der Waals surface area contributed by atoms with E-state index in [1.54, 1.807) is 18.2 Å². The Bertz CT molecular complexity index is 714. The van der Waals surface area contributed by atoms with E-state index in [1.165, 1.54) is 26.4 Å². The predicted octanol–water partition coefficient (Wildman–Crippen LogP) is 3.09. The Balaban J connectivity index is 1.48. The summed E-state index contributed by atoms with van der Waals surface area (Å²) in [5.74, 6) is 0.659. The molecule has 3 atom stereocenters. The Morgan fingerprint density at radius 3 is 2.65 bits per heavy atom. The topological polar surface area (TPSA) is 81.7 Å². The molecule has 26 heavy (non-hydrogen) atoms. The molecule has 0 radical (unpaired) electrons. The Kier molecular flexibility index (Phi) is 5.59. The lowest BCUT2D eigenvalue weighted by atomic mass is 9.86. The number of rotatable bonds is 6. The van der Waals surface area contributed by atoms with Gasteiger partial charge in [0.25, 0.3) is 5.91 Å². The monoisotopic (exact) mass is 359 g/mol. The molecule has 140 valence electrons. The second kappa shape index (κ2) is 7.89. The largest absolute Gasteiger partial charge is 0.465 e. The van der Waals surface area contributed by atoms with Crippen molar-refractivity contribution in [2.75, 3.05) is 19.0 Å². The van der Waals surface area contributed by atoms with Crippen LogP contribution < -0.4 is 5.32 Å². The van der Waals surface area contributed by atoms with E-state index in [0.717, 1.165) is 17.9 Å². The number of aryl methyl sites for hydroxylation is 1. The first-order chi connectivity index (χ1) is 12.5. The van der Waals surface area contributed by atoms with Crippen molar-refractivity contribution in [3.8, 4) is 0 Å². The number of benzene rings is 1. The molecule has 1 N–H and O–H groups in total. The zero-order valence-electron chi connectivity index (χ0n) is 15.2. The number of ether oxygens (including phenoxy) is 2. The SMILES string of the molecule is COC(=O)c1ccc(C)c(NC(=O)COC(=O)C[C@@H]2C[C@@H]3CC[C@@H]2C3)c1. The zero-order valence-corrected chi connectivity index (χ0v) is 15.2. The van der Waals surface area contributed by atoms with Crippen LogP contribution in [0.4, 0.5) is 5.69 Å². The molecule has 2 aliphatic carbocycles. The number of hydrogen-bond acceptors (Lipinski definition) is 5. The fourth-order valence-electron chi connectivity index (χ4n) is 4.23. The molecule has 0 unspecified atom stereocenters. The van der Waals surface area contributed by atoms with E-state index in [2.05, 4.69) is 10.1 Å². The summed E-state index contributed by atoms with van der Waals surface area (Å²) in [6.07, 6.45) is 5.28. The van der Waals surface area contributed by atoms with Gasteiger partial charge in [-0.3, -0.25) is 9.59 Å². The standard InChI is InChI=1S/C20H25NO5/c1-12-3-5-15(20(24)25-2)9-17(12)21-18(22)11-26-19(23)10-16-8-13-4-6-14(16)7-13/h3,5,9,13-14,16H,4,6-8,10-11H2,1-2H3,(H,21,22)/t13-,14-,16+/m1/s1. The van der Waals surface area contributed by atoms with Crippen LogP contribution in [0.1, 0.15) is 48.0 Å². The maximum atomic E-state index is 12.1. The third-order valence-electron chi connectivity index (χ3n) is 5.61. The molecular formula is C20H25NO5. The summed E-state index contributed by atoms with van der Waals surface area (Å²) in [4.78, 5) is 35.7. The smallest absolute Gasteiger partial charge is 0.337 e. The minimum atomic E-state index is -0.474. The molecular weight excluding hydrogens is 334 g/mol. The van der Waals surface area contributed by atoms with Crippen molar-refractivity contribution in [3.05, 3.63) is 29.3 Å². The molecule has 6 heteroatoms. The average molecular weight is 359 g/mol. The van der Waals surface area contributed by atoms with E-state index in [4.69, 9.17) is 4.74 Å². The maximum absolute atomic E-state index is 12.1. The van der Waals surface area contributed by atoms with Crippen LogP contribution in [0.25, 0.3) is 0 Å². The summed E-state index contributed by atoms with van der Waals surface area (Å²) >= 11 is 0. The van der Waals surface area contributed by atoms with Gasteiger partial charge in [0.2, 0.25) is 0 Å². The van der Waals surface area contributed by atoms with Crippen LogP contribution in [-0.4, -0.2) is 31.6 Å². The summed E-state index contributed by atoms with van der Waals surface area (Å²) in [7, 11) is 1.30. The predicted molar refractivity (Wildman–Crippen MR) is 95.7 cm³/mol. The minimum Gasteiger partial charge on any atom is -0.465 e. The van der Waals surface area contributed by atoms with Gasteiger partial charge in [-0.15, -0.1) is 0 Å². The molecule has 0 aromatic heterocycles. The molecule has 0 aliphatic heterocycles. The van der Waals surface area contributed by atoms with Gasteiger partial charge in [-0.05, 0) is 61.6 Å². The lowest BCUT2D eigenvalue weighted by Gasteiger charge is -2.20. The number of carbonyl (C=O) groups is 3. The highest BCUT2D eigenvalue weighted by Gasteiger charge is 2.40. The van der Waals surface area contributed by atoms with Crippen LogP contribution in [0.3, 0.4) is 0 Å². The van der Waals surface area contributed by atoms with Crippen molar-refractivity contribution < 1.29 is 23.9 Å².